The smallest absolute Gasteiger partial charge is 0.0451 e. The number of hydrogen-bond donors (Lipinski definition) is 0. The van der Waals surface area contributed by atoms with Crippen molar-refractivity contribution in [1.29, 1.82) is 0 Å². The van der Waals surface area contributed by atoms with Crippen LogP contribution in [0.1, 0.15) is 34.4 Å². The topological polar surface area (TPSA) is 25.8 Å². The van der Waals surface area contributed by atoms with Gasteiger partial charge in [0.1, 0.15) is 0 Å². The van der Waals surface area contributed by atoms with E-state index in [0.717, 1.165) is 35.2 Å². The van der Waals surface area contributed by atoms with Crippen molar-refractivity contribution in [1.82, 2.24) is 9.97 Å². The zero-order valence-corrected chi connectivity index (χ0v) is 24.2. The molecule has 5 aromatic rings. The largest absolute Gasteiger partial charge is 0.263 e. The molecule has 0 radical (unpaired) electrons. The molecule has 0 fully saturated rings. The number of nitrogens with zero attached hydrogens (tertiary/aromatic N) is 2. The van der Waals surface area contributed by atoms with Crippen LogP contribution in [0.5, 0.6) is 0 Å². The van der Waals surface area contributed by atoms with Crippen molar-refractivity contribution >= 4 is 17.2 Å². The van der Waals surface area contributed by atoms with Crippen LogP contribution in [0.25, 0.3) is 39.5 Å². The molecule has 0 aliphatic heterocycles. The molecule has 2 nitrogen and oxygen atoms in total. The normalized spacial score (nSPS) is 18.3. The number of aromatic nitrogens is 2. The molecule has 2 heteroatoms. The molecule has 2 aromatic heterocycles. The maximum atomic E-state index is 4.63. The lowest BCUT2D eigenvalue weighted by Gasteiger charge is -2.33. The third-order valence-electron chi connectivity index (χ3n) is 9.20. The fraction of sp³-hybridized carbons (Fsp3) is 0.122. The van der Waals surface area contributed by atoms with E-state index in [1.54, 1.807) is 0 Å². The maximum absolute atomic E-state index is 4.63. The van der Waals surface area contributed by atoms with Gasteiger partial charge in [-0.2, -0.15) is 0 Å². The summed E-state index contributed by atoms with van der Waals surface area (Å²) < 4.78 is 0. The summed E-state index contributed by atoms with van der Waals surface area (Å²) in [6.45, 7) is 2.05. The average molecular weight is 553 g/mol. The SMILES string of the molecule is Cc1ncccc1-c1cncc(-c2cccc(C3=c4ccccc4=C(c4ccc5c(c4)CCC=C5)C4C=CC=CC34)c2)c1. The first-order chi connectivity index (χ1) is 21.2. The van der Waals surface area contributed by atoms with Crippen molar-refractivity contribution in [3.63, 3.8) is 0 Å². The second-order valence-corrected chi connectivity index (χ2v) is 11.7. The van der Waals surface area contributed by atoms with Gasteiger partial charge in [-0.1, -0.05) is 103 Å². The van der Waals surface area contributed by atoms with Crippen molar-refractivity contribution in [3.05, 3.63) is 172 Å². The minimum atomic E-state index is 0.253. The Morgan fingerprint density at radius 3 is 2.16 bits per heavy atom. The first kappa shape index (κ1) is 25.6. The van der Waals surface area contributed by atoms with E-state index in [2.05, 4.69) is 132 Å². The van der Waals surface area contributed by atoms with E-state index in [4.69, 9.17) is 0 Å². The van der Waals surface area contributed by atoms with E-state index in [1.165, 1.54) is 49.4 Å². The lowest BCUT2D eigenvalue weighted by molar-refractivity contribution is 0.686. The highest BCUT2D eigenvalue weighted by molar-refractivity contribution is 5.83. The molecule has 2 unspecified atom stereocenters. The van der Waals surface area contributed by atoms with Crippen LogP contribution in [-0.2, 0) is 6.42 Å². The number of pyridine rings is 2. The van der Waals surface area contributed by atoms with Crippen molar-refractivity contribution in [2.45, 2.75) is 19.8 Å². The standard InChI is InChI=1S/C41H32N2/c1-27-35(18-9-21-43-27)34-24-33(25-42-26-34)30-12-8-13-31(23-30)40-36-14-4-6-16-38(36)41(39-17-7-5-15-37(39)40)32-20-19-28-10-2-3-11-29(28)22-32/h2,4-10,12-26,36,38H,3,11H2,1H3. The van der Waals surface area contributed by atoms with Gasteiger partial charge in [0.2, 0.25) is 0 Å². The molecule has 0 spiro atoms. The number of fused-ring (bicyclic) bond motifs is 3. The van der Waals surface area contributed by atoms with Gasteiger partial charge in [0.25, 0.3) is 0 Å². The van der Waals surface area contributed by atoms with Gasteiger partial charge in [0.05, 0.1) is 0 Å². The highest BCUT2D eigenvalue weighted by atomic mass is 14.7. The molecule has 2 heterocycles. The van der Waals surface area contributed by atoms with Gasteiger partial charge in [0, 0.05) is 52.8 Å². The Labute approximate surface area is 252 Å². The summed E-state index contributed by atoms with van der Waals surface area (Å²) in [5, 5.41) is 2.66. The van der Waals surface area contributed by atoms with Crippen molar-refractivity contribution in [3.8, 4) is 22.3 Å². The fourth-order valence-electron chi connectivity index (χ4n) is 7.17. The summed E-state index contributed by atoms with van der Waals surface area (Å²) in [6.07, 6.45) is 21.8. The molecule has 3 aromatic carbocycles. The Morgan fingerprint density at radius 1 is 0.651 bits per heavy atom. The molecule has 8 rings (SSSR count). The first-order valence-electron chi connectivity index (χ1n) is 15.2. The second-order valence-electron chi connectivity index (χ2n) is 11.7. The van der Waals surface area contributed by atoms with Crippen LogP contribution in [0.3, 0.4) is 0 Å². The Balaban J connectivity index is 1.32. The molecule has 0 N–H and O–H groups in total. The maximum Gasteiger partial charge on any atom is 0.0451 e. The van der Waals surface area contributed by atoms with Crippen molar-refractivity contribution < 1.29 is 0 Å². The van der Waals surface area contributed by atoms with Gasteiger partial charge < -0.3 is 0 Å². The van der Waals surface area contributed by atoms with E-state index in [1.807, 2.05) is 24.7 Å². The molecule has 3 aliphatic carbocycles. The molecule has 2 atom stereocenters. The molecule has 0 amide bonds. The highest BCUT2D eigenvalue weighted by Gasteiger charge is 2.32. The van der Waals surface area contributed by atoms with E-state index < -0.39 is 0 Å². The Bertz CT molecular complexity index is 2110. The van der Waals surface area contributed by atoms with Gasteiger partial charge in [-0.05, 0) is 87.4 Å². The quantitative estimate of drug-likeness (QED) is 0.227. The van der Waals surface area contributed by atoms with Crippen LogP contribution in [0.2, 0.25) is 0 Å². The lowest BCUT2D eigenvalue weighted by atomic mass is 9.69. The summed E-state index contributed by atoms with van der Waals surface area (Å²) in [4.78, 5) is 9.13. The van der Waals surface area contributed by atoms with Crippen LogP contribution in [-0.4, -0.2) is 9.97 Å². The van der Waals surface area contributed by atoms with Crippen LogP contribution in [0.15, 0.2) is 134 Å². The number of allylic oxidation sites excluding steroid dienone is 5. The minimum absolute atomic E-state index is 0.253. The molecule has 3 aliphatic rings. The molecular formula is C41H32N2. The van der Waals surface area contributed by atoms with Gasteiger partial charge in [0.15, 0.2) is 0 Å². The van der Waals surface area contributed by atoms with E-state index in [9.17, 15) is 0 Å². The average Bonchev–Trinajstić information content (AvgIpc) is 3.07. The van der Waals surface area contributed by atoms with E-state index in [0.29, 0.717) is 0 Å². The zero-order valence-electron chi connectivity index (χ0n) is 24.2. The molecule has 206 valence electrons. The number of benzene rings is 3. The predicted molar refractivity (Wildman–Crippen MR) is 177 cm³/mol. The van der Waals surface area contributed by atoms with Crippen LogP contribution < -0.4 is 10.4 Å². The lowest BCUT2D eigenvalue weighted by Crippen LogP contribution is -2.40. The third kappa shape index (κ3) is 4.51. The summed E-state index contributed by atoms with van der Waals surface area (Å²) in [6, 6.07) is 31.4. The van der Waals surface area contributed by atoms with Gasteiger partial charge >= 0.3 is 0 Å². The summed E-state index contributed by atoms with van der Waals surface area (Å²) in [7, 11) is 0. The molecule has 0 saturated heterocycles. The van der Waals surface area contributed by atoms with Gasteiger partial charge in [-0.25, -0.2) is 0 Å². The first-order valence-corrected chi connectivity index (χ1v) is 15.2. The highest BCUT2D eigenvalue weighted by Crippen LogP contribution is 2.41. The summed E-state index contributed by atoms with van der Waals surface area (Å²) >= 11 is 0. The van der Waals surface area contributed by atoms with Crippen molar-refractivity contribution in [2.75, 3.05) is 0 Å². The Morgan fingerprint density at radius 2 is 1.37 bits per heavy atom. The molecular weight excluding hydrogens is 520 g/mol. The van der Waals surface area contributed by atoms with Gasteiger partial charge in [-0.15, -0.1) is 0 Å². The molecule has 0 saturated carbocycles. The fourth-order valence-corrected chi connectivity index (χ4v) is 7.17. The van der Waals surface area contributed by atoms with Crippen LogP contribution >= 0.6 is 0 Å². The number of rotatable bonds is 4. The predicted octanol–water partition coefficient (Wildman–Crippen LogP) is 7.85. The second kappa shape index (κ2) is 10.6. The van der Waals surface area contributed by atoms with Crippen LogP contribution in [0, 0.1) is 18.8 Å². The zero-order chi connectivity index (χ0) is 28.8. The third-order valence-corrected chi connectivity index (χ3v) is 9.20. The van der Waals surface area contributed by atoms with Crippen LogP contribution in [0.4, 0.5) is 0 Å². The Hall–Kier alpha value is -5.08. The van der Waals surface area contributed by atoms with E-state index in [-0.39, 0.29) is 11.8 Å². The summed E-state index contributed by atoms with van der Waals surface area (Å²) in [5.74, 6) is 0.526. The number of hydrogen-bond acceptors (Lipinski definition) is 2. The minimum Gasteiger partial charge on any atom is -0.263 e. The van der Waals surface area contributed by atoms with E-state index >= 15 is 0 Å². The monoisotopic (exact) mass is 552 g/mol. The molecule has 0 bridgehead atoms. The Kier molecular flexibility index (Phi) is 6.34. The van der Waals surface area contributed by atoms with Crippen molar-refractivity contribution in [2.24, 2.45) is 11.8 Å². The van der Waals surface area contributed by atoms with Gasteiger partial charge in [-0.3, -0.25) is 9.97 Å². The molecule has 43 heavy (non-hydrogen) atoms. The number of aryl methyl sites for hydroxylation is 2. The summed E-state index contributed by atoms with van der Waals surface area (Å²) in [5.41, 5.74) is 13.7.